The number of amides is 1. The van der Waals surface area contributed by atoms with Gasteiger partial charge < -0.3 is 10.1 Å². The van der Waals surface area contributed by atoms with Crippen LogP contribution in [0.2, 0.25) is 0 Å². The summed E-state index contributed by atoms with van der Waals surface area (Å²) in [6, 6.07) is 4.03. The highest BCUT2D eigenvalue weighted by molar-refractivity contribution is 5.94. The van der Waals surface area contributed by atoms with E-state index in [1.807, 2.05) is 39.8 Å². The molecule has 0 aromatic heterocycles. The fourth-order valence-electron chi connectivity index (χ4n) is 2.45. The van der Waals surface area contributed by atoms with Crippen LogP contribution < -0.4 is 5.32 Å². The van der Waals surface area contributed by atoms with Crippen LogP contribution in [0.25, 0.3) is 0 Å². The van der Waals surface area contributed by atoms with Gasteiger partial charge in [-0.1, -0.05) is 24.6 Å². The maximum atomic E-state index is 11.8. The minimum Gasteiger partial charge on any atom is -0.455 e. The van der Waals surface area contributed by atoms with E-state index in [4.69, 9.17) is 4.74 Å². The molecule has 2 atom stereocenters. The highest BCUT2D eigenvalue weighted by atomic mass is 16.5. The van der Waals surface area contributed by atoms with Crippen molar-refractivity contribution in [2.75, 3.05) is 11.9 Å². The van der Waals surface area contributed by atoms with Crippen LogP contribution in [-0.4, -0.2) is 18.5 Å². The summed E-state index contributed by atoms with van der Waals surface area (Å²) in [5.74, 6) is -0.162. The average Bonchev–Trinajstić information content (AvgIpc) is 3.08. The SMILES string of the molecule is Cc1cc(C)c(NC(=O)COC(=O)[C@H]2C[C@H]2C)c(C)c1. The standard InChI is InChI=1S/C16H21NO3/c1-9-5-11(3)15(12(4)6-9)17-14(18)8-20-16(19)13-7-10(13)2/h5-6,10,13H,7-8H2,1-4H3,(H,17,18)/t10-,13+/m1/s1. The van der Waals surface area contributed by atoms with Crippen molar-refractivity contribution in [3.8, 4) is 0 Å². The molecule has 0 spiro atoms. The van der Waals surface area contributed by atoms with E-state index < -0.39 is 0 Å². The van der Waals surface area contributed by atoms with Crippen molar-refractivity contribution in [2.45, 2.75) is 34.1 Å². The Labute approximate surface area is 119 Å². The number of anilines is 1. The molecule has 1 aliphatic rings. The number of nitrogens with one attached hydrogen (secondary N) is 1. The average molecular weight is 275 g/mol. The van der Waals surface area contributed by atoms with Gasteiger partial charge in [0.2, 0.25) is 0 Å². The third kappa shape index (κ3) is 3.38. The number of hydrogen-bond donors (Lipinski definition) is 1. The van der Waals surface area contributed by atoms with Gasteiger partial charge in [0.1, 0.15) is 0 Å². The van der Waals surface area contributed by atoms with Crippen LogP contribution >= 0.6 is 0 Å². The number of carbonyl (C=O) groups excluding carboxylic acids is 2. The highest BCUT2D eigenvalue weighted by Gasteiger charge is 2.40. The van der Waals surface area contributed by atoms with Gasteiger partial charge in [0, 0.05) is 5.69 Å². The minimum absolute atomic E-state index is 0.00866. The lowest BCUT2D eigenvalue weighted by atomic mass is 10.1. The quantitative estimate of drug-likeness (QED) is 0.860. The Balaban J connectivity index is 1.90. The third-order valence-electron chi connectivity index (χ3n) is 3.70. The van der Waals surface area contributed by atoms with Gasteiger partial charge in [0.15, 0.2) is 6.61 Å². The van der Waals surface area contributed by atoms with Crippen LogP contribution in [0.5, 0.6) is 0 Å². The molecule has 20 heavy (non-hydrogen) atoms. The van der Waals surface area contributed by atoms with Crippen molar-refractivity contribution in [3.05, 3.63) is 28.8 Å². The van der Waals surface area contributed by atoms with Crippen LogP contribution in [-0.2, 0) is 14.3 Å². The smallest absolute Gasteiger partial charge is 0.309 e. The zero-order valence-electron chi connectivity index (χ0n) is 12.4. The van der Waals surface area contributed by atoms with E-state index in [0.717, 1.165) is 28.8 Å². The molecule has 4 heteroatoms. The number of esters is 1. The van der Waals surface area contributed by atoms with E-state index in [0.29, 0.717) is 5.92 Å². The number of aryl methyl sites for hydroxylation is 3. The Morgan fingerprint density at radius 3 is 2.30 bits per heavy atom. The van der Waals surface area contributed by atoms with E-state index >= 15 is 0 Å². The third-order valence-corrected chi connectivity index (χ3v) is 3.70. The first-order chi connectivity index (χ1) is 9.38. The fraction of sp³-hybridized carbons (Fsp3) is 0.500. The summed E-state index contributed by atoms with van der Waals surface area (Å²) in [6.45, 7) is 7.71. The zero-order chi connectivity index (χ0) is 14.9. The molecule has 1 N–H and O–H groups in total. The molecule has 0 unspecified atom stereocenters. The lowest BCUT2D eigenvalue weighted by Crippen LogP contribution is -2.22. The van der Waals surface area contributed by atoms with E-state index in [9.17, 15) is 9.59 Å². The normalized spacial score (nSPS) is 20.4. The van der Waals surface area contributed by atoms with Crippen LogP contribution in [0.15, 0.2) is 12.1 Å². The molecule has 1 fully saturated rings. The summed E-state index contributed by atoms with van der Waals surface area (Å²) >= 11 is 0. The van der Waals surface area contributed by atoms with E-state index in [-0.39, 0.29) is 24.4 Å². The Morgan fingerprint density at radius 1 is 1.25 bits per heavy atom. The van der Waals surface area contributed by atoms with Crippen molar-refractivity contribution < 1.29 is 14.3 Å². The molecule has 1 aromatic rings. The van der Waals surface area contributed by atoms with E-state index in [1.165, 1.54) is 0 Å². The second kappa shape index (κ2) is 5.65. The van der Waals surface area contributed by atoms with Crippen molar-refractivity contribution >= 4 is 17.6 Å². The molecule has 0 aliphatic heterocycles. The van der Waals surface area contributed by atoms with Crippen LogP contribution in [0.1, 0.15) is 30.0 Å². The van der Waals surface area contributed by atoms with Gasteiger partial charge in [-0.05, 0) is 44.2 Å². The van der Waals surface area contributed by atoms with E-state index in [2.05, 4.69) is 5.32 Å². The van der Waals surface area contributed by atoms with Gasteiger partial charge in [-0.25, -0.2) is 0 Å². The molecule has 0 bridgehead atoms. The number of rotatable bonds is 4. The van der Waals surface area contributed by atoms with Crippen LogP contribution in [0.4, 0.5) is 5.69 Å². The van der Waals surface area contributed by atoms with Crippen LogP contribution in [0, 0.1) is 32.6 Å². The Kier molecular flexibility index (Phi) is 4.12. The maximum absolute atomic E-state index is 11.8. The predicted octanol–water partition coefficient (Wildman–Crippen LogP) is 2.75. The Bertz CT molecular complexity index is 528. The maximum Gasteiger partial charge on any atom is 0.309 e. The first-order valence-corrected chi connectivity index (χ1v) is 6.93. The van der Waals surface area contributed by atoms with E-state index in [1.54, 1.807) is 0 Å². The molecule has 1 aromatic carbocycles. The molecule has 2 rings (SSSR count). The topological polar surface area (TPSA) is 55.4 Å². The minimum atomic E-state index is -0.290. The molecule has 1 saturated carbocycles. The van der Waals surface area contributed by atoms with Crippen molar-refractivity contribution in [1.29, 1.82) is 0 Å². The molecule has 4 nitrogen and oxygen atoms in total. The summed E-state index contributed by atoms with van der Waals surface area (Å²) in [6.07, 6.45) is 0.872. The number of hydrogen-bond acceptors (Lipinski definition) is 3. The summed E-state index contributed by atoms with van der Waals surface area (Å²) in [7, 11) is 0. The summed E-state index contributed by atoms with van der Waals surface area (Å²) in [5, 5.41) is 2.82. The summed E-state index contributed by atoms with van der Waals surface area (Å²) in [5.41, 5.74) is 3.99. The molecular weight excluding hydrogens is 254 g/mol. The molecule has 108 valence electrons. The second-order valence-corrected chi connectivity index (χ2v) is 5.75. The van der Waals surface area contributed by atoms with Crippen LogP contribution in [0.3, 0.4) is 0 Å². The van der Waals surface area contributed by atoms with Gasteiger partial charge in [-0.2, -0.15) is 0 Å². The predicted molar refractivity (Wildman–Crippen MR) is 77.5 cm³/mol. The zero-order valence-corrected chi connectivity index (χ0v) is 12.4. The van der Waals surface area contributed by atoms with Crippen molar-refractivity contribution in [2.24, 2.45) is 11.8 Å². The van der Waals surface area contributed by atoms with Gasteiger partial charge in [0.05, 0.1) is 5.92 Å². The largest absolute Gasteiger partial charge is 0.455 e. The fourth-order valence-corrected chi connectivity index (χ4v) is 2.45. The van der Waals surface area contributed by atoms with Gasteiger partial charge >= 0.3 is 5.97 Å². The molecule has 1 aliphatic carbocycles. The van der Waals surface area contributed by atoms with Gasteiger partial charge in [-0.3, -0.25) is 9.59 Å². The second-order valence-electron chi connectivity index (χ2n) is 5.75. The first-order valence-electron chi connectivity index (χ1n) is 6.93. The Morgan fingerprint density at radius 2 is 1.80 bits per heavy atom. The highest BCUT2D eigenvalue weighted by Crippen LogP contribution is 2.38. The first kappa shape index (κ1) is 14.6. The lowest BCUT2D eigenvalue weighted by molar-refractivity contribution is -0.148. The number of benzene rings is 1. The number of carbonyl (C=O) groups is 2. The summed E-state index contributed by atoms with van der Waals surface area (Å²) < 4.78 is 5.02. The molecule has 0 saturated heterocycles. The van der Waals surface area contributed by atoms with Gasteiger partial charge in [-0.15, -0.1) is 0 Å². The van der Waals surface area contributed by atoms with Crippen molar-refractivity contribution in [3.63, 3.8) is 0 Å². The van der Waals surface area contributed by atoms with Crippen molar-refractivity contribution in [1.82, 2.24) is 0 Å². The molecular formula is C16H21NO3. The Hall–Kier alpha value is -1.84. The molecule has 0 heterocycles. The molecule has 0 radical (unpaired) electrons. The summed E-state index contributed by atoms with van der Waals surface area (Å²) in [4.78, 5) is 23.4. The monoisotopic (exact) mass is 275 g/mol. The lowest BCUT2D eigenvalue weighted by Gasteiger charge is -2.13. The number of ether oxygens (including phenoxy) is 1. The van der Waals surface area contributed by atoms with Gasteiger partial charge in [0.25, 0.3) is 5.91 Å². The molecule has 1 amide bonds.